The van der Waals surface area contributed by atoms with Crippen LogP contribution in [0.25, 0.3) is 0 Å². The van der Waals surface area contributed by atoms with E-state index in [-0.39, 0.29) is 41.9 Å². The largest absolute Gasteiger partial charge is 0.573 e. The number of nitrogens with one attached hydrogen (secondary N) is 2. The standard InChI is InChI=1S/C19H27F3N4O3/c1-18(2,3)24-16(27)13-25-8-10-26(11-9-25)17(28)23-12-14-6-4-5-7-15(14)29-19(20,21)22/h4-7H,8-13H2,1-3H3,(H,23,28)(H,24,27). The van der Waals surface area contributed by atoms with E-state index in [0.717, 1.165) is 0 Å². The second-order valence-corrected chi connectivity index (χ2v) is 7.88. The highest BCUT2D eigenvalue weighted by atomic mass is 19.4. The maximum absolute atomic E-state index is 12.5. The number of para-hydroxylation sites is 1. The van der Waals surface area contributed by atoms with E-state index in [1.54, 1.807) is 11.0 Å². The van der Waals surface area contributed by atoms with Crippen LogP contribution in [0.4, 0.5) is 18.0 Å². The minimum absolute atomic E-state index is 0.0725. The Kier molecular flexibility index (Phi) is 7.34. The first kappa shape index (κ1) is 22.8. The SMILES string of the molecule is CC(C)(C)NC(=O)CN1CCN(C(=O)NCc2ccccc2OC(F)(F)F)CC1. The molecule has 2 N–H and O–H groups in total. The van der Waals surface area contributed by atoms with Crippen molar-refractivity contribution in [3.8, 4) is 5.75 Å². The third-order valence-electron chi connectivity index (χ3n) is 4.17. The fraction of sp³-hybridized carbons (Fsp3) is 0.579. The lowest BCUT2D eigenvalue weighted by Crippen LogP contribution is -2.54. The minimum Gasteiger partial charge on any atom is -0.405 e. The summed E-state index contributed by atoms with van der Waals surface area (Å²) in [5.74, 6) is -0.411. The molecule has 0 unspecified atom stereocenters. The Morgan fingerprint density at radius 2 is 1.69 bits per heavy atom. The molecule has 0 aromatic heterocycles. The van der Waals surface area contributed by atoms with Crippen LogP contribution in [0.3, 0.4) is 0 Å². The van der Waals surface area contributed by atoms with Gasteiger partial charge in [-0.1, -0.05) is 18.2 Å². The third-order valence-corrected chi connectivity index (χ3v) is 4.17. The van der Waals surface area contributed by atoms with Gasteiger partial charge in [-0.2, -0.15) is 0 Å². The van der Waals surface area contributed by atoms with Gasteiger partial charge in [0.2, 0.25) is 5.91 Å². The zero-order chi connectivity index (χ0) is 21.7. The number of carbonyl (C=O) groups is 2. The second kappa shape index (κ2) is 9.34. The van der Waals surface area contributed by atoms with Crippen molar-refractivity contribution in [2.45, 2.75) is 39.2 Å². The Hall–Kier alpha value is -2.49. The quantitative estimate of drug-likeness (QED) is 0.773. The van der Waals surface area contributed by atoms with E-state index in [1.165, 1.54) is 18.2 Å². The number of ether oxygens (including phenoxy) is 1. The van der Waals surface area contributed by atoms with Crippen molar-refractivity contribution in [3.05, 3.63) is 29.8 Å². The van der Waals surface area contributed by atoms with Gasteiger partial charge >= 0.3 is 12.4 Å². The molecule has 10 heteroatoms. The van der Waals surface area contributed by atoms with Crippen LogP contribution in [-0.4, -0.2) is 66.4 Å². The predicted molar refractivity (Wildman–Crippen MR) is 101 cm³/mol. The summed E-state index contributed by atoms with van der Waals surface area (Å²) >= 11 is 0. The van der Waals surface area contributed by atoms with Gasteiger partial charge in [-0.25, -0.2) is 4.79 Å². The van der Waals surface area contributed by atoms with E-state index >= 15 is 0 Å². The molecule has 1 aliphatic rings. The first-order chi connectivity index (χ1) is 13.4. The van der Waals surface area contributed by atoms with Crippen molar-refractivity contribution >= 4 is 11.9 Å². The van der Waals surface area contributed by atoms with E-state index in [1.807, 2.05) is 25.7 Å². The van der Waals surface area contributed by atoms with Crippen LogP contribution >= 0.6 is 0 Å². The highest BCUT2D eigenvalue weighted by Gasteiger charge is 2.32. The average Bonchev–Trinajstić information content (AvgIpc) is 2.58. The number of hydrogen-bond acceptors (Lipinski definition) is 4. The van der Waals surface area contributed by atoms with Crippen LogP contribution in [-0.2, 0) is 11.3 Å². The number of urea groups is 1. The molecular formula is C19H27F3N4O3. The Morgan fingerprint density at radius 3 is 2.28 bits per heavy atom. The molecule has 162 valence electrons. The van der Waals surface area contributed by atoms with Crippen molar-refractivity contribution in [2.24, 2.45) is 0 Å². The van der Waals surface area contributed by atoms with E-state index in [0.29, 0.717) is 26.2 Å². The van der Waals surface area contributed by atoms with Crippen molar-refractivity contribution in [2.75, 3.05) is 32.7 Å². The number of halogens is 3. The zero-order valence-corrected chi connectivity index (χ0v) is 16.8. The summed E-state index contributed by atoms with van der Waals surface area (Å²) in [4.78, 5) is 27.9. The van der Waals surface area contributed by atoms with Crippen LogP contribution in [0.15, 0.2) is 24.3 Å². The van der Waals surface area contributed by atoms with E-state index in [4.69, 9.17) is 0 Å². The molecule has 1 aromatic carbocycles. The van der Waals surface area contributed by atoms with Gasteiger partial charge in [0, 0.05) is 43.8 Å². The molecule has 29 heavy (non-hydrogen) atoms. The number of hydrogen-bond donors (Lipinski definition) is 2. The highest BCUT2D eigenvalue weighted by Crippen LogP contribution is 2.26. The Morgan fingerprint density at radius 1 is 1.07 bits per heavy atom. The van der Waals surface area contributed by atoms with Crippen LogP contribution in [0.5, 0.6) is 5.75 Å². The van der Waals surface area contributed by atoms with Crippen molar-refractivity contribution in [1.82, 2.24) is 20.4 Å². The van der Waals surface area contributed by atoms with Crippen molar-refractivity contribution in [1.29, 1.82) is 0 Å². The van der Waals surface area contributed by atoms with E-state index in [2.05, 4.69) is 15.4 Å². The molecule has 0 radical (unpaired) electrons. The normalized spacial score (nSPS) is 15.7. The monoisotopic (exact) mass is 416 g/mol. The maximum atomic E-state index is 12.5. The van der Waals surface area contributed by atoms with Crippen molar-refractivity contribution in [3.63, 3.8) is 0 Å². The van der Waals surface area contributed by atoms with E-state index < -0.39 is 6.36 Å². The van der Waals surface area contributed by atoms with Gasteiger partial charge < -0.3 is 20.3 Å². The van der Waals surface area contributed by atoms with Gasteiger partial charge in [0.1, 0.15) is 5.75 Å². The molecule has 0 atom stereocenters. The van der Waals surface area contributed by atoms with Crippen molar-refractivity contribution < 1.29 is 27.5 Å². The summed E-state index contributed by atoms with van der Waals surface area (Å²) in [7, 11) is 0. The molecule has 3 amide bonds. The average molecular weight is 416 g/mol. The fourth-order valence-electron chi connectivity index (χ4n) is 2.93. The number of rotatable bonds is 5. The molecule has 0 aliphatic carbocycles. The molecule has 7 nitrogen and oxygen atoms in total. The Balaban J connectivity index is 1.80. The summed E-state index contributed by atoms with van der Waals surface area (Å²) in [5, 5.41) is 5.52. The lowest BCUT2D eigenvalue weighted by molar-refractivity contribution is -0.274. The minimum atomic E-state index is -4.80. The molecule has 1 saturated heterocycles. The first-order valence-electron chi connectivity index (χ1n) is 9.33. The van der Waals surface area contributed by atoms with Gasteiger partial charge in [0.15, 0.2) is 0 Å². The Labute approximate surface area is 168 Å². The molecule has 1 aromatic rings. The summed E-state index contributed by atoms with van der Waals surface area (Å²) in [5.41, 5.74) is -0.0686. The molecule has 1 fully saturated rings. The molecular weight excluding hydrogens is 389 g/mol. The molecule has 2 rings (SSSR count). The summed E-state index contributed by atoms with van der Waals surface area (Å²) in [6.07, 6.45) is -4.80. The van der Waals surface area contributed by atoms with Crippen LogP contribution in [0.1, 0.15) is 26.3 Å². The lowest BCUT2D eigenvalue weighted by Gasteiger charge is -2.34. The van der Waals surface area contributed by atoms with Crippen LogP contribution in [0.2, 0.25) is 0 Å². The molecule has 0 bridgehead atoms. The maximum Gasteiger partial charge on any atom is 0.573 e. The number of carbonyl (C=O) groups excluding carboxylic acids is 2. The molecule has 0 saturated carbocycles. The number of piperazine rings is 1. The Bertz CT molecular complexity index is 711. The zero-order valence-electron chi connectivity index (χ0n) is 16.8. The summed E-state index contributed by atoms with van der Waals surface area (Å²) < 4.78 is 41.4. The first-order valence-corrected chi connectivity index (χ1v) is 9.33. The van der Waals surface area contributed by atoms with Gasteiger partial charge in [-0.15, -0.1) is 13.2 Å². The van der Waals surface area contributed by atoms with Crippen LogP contribution < -0.4 is 15.4 Å². The van der Waals surface area contributed by atoms with Crippen LogP contribution in [0, 0.1) is 0 Å². The molecule has 1 aliphatic heterocycles. The fourth-order valence-corrected chi connectivity index (χ4v) is 2.93. The molecule has 1 heterocycles. The van der Waals surface area contributed by atoms with Gasteiger partial charge in [-0.05, 0) is 26.8 Å². The number of amides is 3. The lowest BCUT2D eigenvalue weighted by atomic mass is 10.1. The predicted octanol–water partition coefficient (Wildman–Crippen LogP) is 2.33. The molecule has 0 spiro atoms. The highest BCUT2D eigenvalue weighted by molar-refractivity contribution is 5.79. The van der Waals surface area contributed by atoms with E-state index in [9.17, 15) is 22.8 Å². The number of nitrogens with zero attached hydrogens (tertiary/aromatic N) is 2. The summed E-state index contributed by atoms with van der Waals surface area (Å²) in [6.45, 7) is 7.83. The third kappa shape index (κ3) is 8.18. The topological polar surface area (TPSA) is 73.9 Å². The number of alkyl halides is 3. The van der Waals surface area contributed by atoms with Gasteiger partial charge in [-0.3, -0.25) is 9.69 Å². The van der Waals surface area contributed by atoms with Gasteiger partial charge in [0.05, 0.1) is 6.54 Å². The second-order valence-electron chi connectivity index (χ2n) is 7.88. The summed E-state index contributed by atoms with van der Waals surface area (Å²) in [6, 6.07) is 5.31. The van der Waals surface area contributed by atoms with Gasteiger partial charge in [0.25, 0.3) is 0 Å². The number of benzene rings is 1. The smallest absolute Gasteiger partial charge is 0.405 e.